The molecular formula is C21H20ClN3O3S. The second-order valence-corrected chi connectivity index (χ2v) is 8.40. The lowest BCUT2D eigenvalue weighted by atomic mass is 10.1. The molecule has 0 spiro atoms. The standard InChI is InChI=1S/C21H20ClN3O3S/c22-15-5-1-2-6-16(15)23-19(26)12-25-17-11-14(21(28)24-9-3-4-10-24)7-8-18(17)29-13-20(25)27/h1-2,5-8,11H,3-4,9-10,12-13H2,(H,23,26). The summed E-state index contributed by atoms with van der Waals surface area (Å²) in [6, 6.07) is 12.3. The quantitative estimate of drug-likeness (QED) is 0.805. The lowest BCUT2D eigenvalue weighted by molar-refractivity contribution is -0.120. The van der Waals surface area contributed by atoms with E-state index in [0.29, 0.717) is 22.0 Å². The molecule has 2 heterocycles. The lowest BCUT2D eigenvalue weighted by Crippen LogP contribution is -2.41. The molecule has 2 aromatic carbocycles. The third kappa shape index (κ3) is 4.26. The van der Waals surface area contributed by atoms with Gasteiger partial charge in [0, 0.05) is 23.5 Å². The largest absolute Gasteiger partial charge is 0.339 e. The van der Waals surface area contributed by atoms with Crippen molar-refractivity contribution in [1.29, 1.82) is 0 Å². The Hall–Kier alpha value is -2.51. The highest BCUT2D eigenvalue weighted by Gasteiger charge is 2.29. The van der Waals surface area contributed by atoms with Crippen LogP contribution in [0, 0.1) is 0 Å². The molecule has 2 aromatic rings. The second kappa shape index (κ2) is 8.47. The minimum Gasteiger partial charge on any atom is -0.339 e. The minimum atomic E-state index is -0.347. The van der Waals surface area contributed by atoms with E-state index in [1.54, 1.807) is 36.4 Å². The summed E-state index contributed by atoms with van der Waals surface area (Å²) in [7, 11) is 0. The maximum atomic E-state index is 12.7. The smallest absolute Gasteiger partial charge is 0.253 e. The number of nitrogens with one attached hydrogen (secondary N) is 1. The van der Waals surface area contributed by atoms with Gasteiger partial charge in [-0.3, -0.25) is 14.4 Å². The Balaban J connectivity index is 1.56. The summed E-state index contributed by atoms with van der Waals surface area (Å²) in [5.41, 5.74) is 1.64. The number of nitrogens with zero attached hydrogens (tertiary/aromatic N) is 2. The molecule has 1 N–H and O–H groups in total. The van der Waals surface area contributed by atoms with E-state index in [0.717, 1.165) is 30.8 Å². The van der Waals surface area contributed by atoms with Crippen molar-refractivity contribution in [1.82, 2.24) is 4.90 Å². The van der Waals surface area contributed by atoms with Gasteiger partial charge in [-0.05, 0) is 43.2 Å². The van der Waals surface area contributed by atoms with Crippen LogP contribution in [0.4, 0.5) is 11.4 Å². The molecule has 0 aliphatic carbocycles. The van der Waals surface area contributed by atoms with E-state index >= 15 is 0 Å². The van der Waals surface area contributed by atoms with Crippen LogP contribution in [0.2, 0.25) is 5.02 Å². The van der Waals surface area contributed by atoms with E-state index in [1.165, 1.54) is 16.7 Å². The first kappa shape index (κ1) is 19.8. The van der Waals surface area contributed by atoms with Gasteiger partial charge in [-0.15, -0.1) is 11.8 Å². The number of carbonyl (C=O) groups is 3. The topological polar surface area (TPSA) is 69.7 Å². The predicted octanol–water partition coefficient (Wildman–Crippen LogP) is 3.65. The van der Waals surface area contributed by atoms with Crippen LogP contribution in [0.15, 0.2) is 47.4 Å². The second-order valence-electron chi connectivity index (χ2n) is 6.98. The van der Waals surface area contributed by atoms with Crippen molar-refractivity contribution < 1.29 is 14.4 Å². The Morgan fingerprint density at radius 1 is 1.10 bits per heavy atom. The Bertz CT molecular complexity index is 975. The van der Waals surface area contributed by atoms with Gasteiger partial charge in [-0.1, -0.05) is 23.7 Å². The zero-order valence-corrected chi connectivity index (χ0v) is 17.3. The molecule has 0 saturated carbocycles. The van der Waals surface area contributed by atoms with Gasteiger partial charge in [0.15, 0.2) is 0 Å². The van der Waals surface area contributed by atoms with Crippen molar-refractivity contribution in [3.05, 3.63) is 53.1 Å². The summed E-state index contributed by atoms with van der Waals surface area (Å²) in [4.78, 5) is 42.0. The molecule has 150 valence electrons. The van der Waals surface area contributed by atoms with Crippen molar-refractivity contribution in [2.45, 2.75) is 17.7 Å². The van der Waals surface area contributed by atoms with Crippen LogP contribution < -0.4 is 10.2 Å². The first-order valence-electron chi connectivity index (χ1n) is 9.44. The molecule has 0 aromatic heterocycles. The van der Waals surface area contributed by atoms with Gasteiger partial charge < -0.3 is 15.1 Å². The molecule has 3 amide bonds. The van der Waals surface area contributed by atoms with Gasteiger partial charge in [-0.2, -0.15) is 0 Å². The number of benzene rings is 2. The summed E-state index contributed by atoms with van der Waals surface area (Å²) in [6.07, 6.45) is 2.03. The zero-order valence-electron chi connectivity index (χ0n) is 15.7. The average molecular weight is 430 g/mol. The average Bonchev–Trinajstić information content (AvgIpc) is 3.26. The maximum Gasteiger partial charge on any atom is 0.253 e. The number of carbonyl (C=O) groups excluding carboxylic acids is 3. The first-order chi connectivity index (χ1) is 14.0. The Morgan fingerprint density at radius 3 is 2.62 bits per heavy atom. The van der Waals surface area contributed by atoms with E-state index in [4.69, 9.17) is 11.6 Å². The molecule has 0 radical (unpaired) electrons. The highest BCUT2D eigenvalue weighted by Crippen LogP contribution is 2.36. The number of hydrogen-bond acceptors (Lipinski definition) is 4. The first-order valence-corrected chi connectivity index (χ1v) is 10.8. The fourth-order valence-corrected chi connectivity index (χ4v) is 4.61. The Morgan fingerprint density at radius 2 is 1.86 bits per heavy atom. The van der Waals surface area contributed by atoms with E-state index in [1.807, 2.05) is 11.0 Å². The SMILES string of the molecule is O=C(CN1C(=O)CSc2ccc(C(=O)N3CCCC3)cc21)Nc1ccccc1Cl. The number of rotatable bonds is 4. The Labute approximate surface area is 178 Å². The number of fused-ring (bicyclic) bond motifs is 1. The molecule has 8 heteroatoms. The number of para-hydroxylation sites is 1. The van der Waals surface area contributed by atoms with Gasteiger partial charge >= 0.3 is 0 Å². The molecule has 0 unspecified atom stereocenters. The van der Waals surface area contributed by atoms with E-state index in [9.17, 15) is 14.4 Å². The monoisotopic (exact) mass is 429 g/mol. The fraction of sp³-hybridized carbons (Fsp3) is 0.286. The van der Waals surface area contributed by atoms with Crippen LogP contribution in [-0.2, 0) is 9.59 Å². The number of anilines is 2. The summed E-state index contributed by atoms with van der Waals surface area (Å²) >= 11 is 7.52. The van der Waals surface area contributed by atoms with E-state index in [-0.39, 0.29) is 30.0 Å². The van der Waals surface area contributed by atoms with Gasteiger partial charge in [0.25, 0.3) is 5.91 Å². The zero-order chi connectivity index (χ0) is 20.4. The molecule has 29 heavy (non-hydrogen) atoms. The molecule has 6 nitrogen and oxygen atoms in total. The lowest BCUT2D eigenvalue weighted by Gasteiger charge is -2.29. The summed E-state index contributed by atoms with van der Waals surface area (Å²) < 4.78 is 0. The molecule has 0 bridgehead atoms. The molecular weight excluding hydrogens is 410 g/mol. The van der Waals surface area contributed by atoms with Gasteiger partial charge in [0.1, 0.15) is 6.54 Å². The highest BCUT2D eigenvalue weighted by molar-refractivity contribution is 8.00. The van der Waals surface area contributed by atoms with Crippen LogP contribution in [0.25, 0.3) is 0 Å². The van der Waals surface area contributed by atoms with Crippen LogP contribution in [0.3, 0.4) is 0 Å². The highest BCUT2D eigenvalue weighted by atomic mass is 35.5. The maximum absolute atomic E-state index is 12.7. The summed E-state index contributed by atoms with van der Waals surface area (Å²) in [5.74, 6) is -0.289. The van der Waals surface area contributed by atoms with Crippen molar-refractivity contribution >= 4 is 52.5 Å². The third-order valence-corrected chi connectivity index (χ3v) is 6.37. The molecule has 2 aliphatic heterocycles. The third-order valence-electron chi connectivity index (χ3n) is 4.99. The number of halogens is 1. The number of thioether (sulfide) groups is 1. The molecule has 2 aliphatic rings. The van der Waals surface area contributed by atoms with Crippen LogP contribution in [0.1, 0.15) is 23.2 Å². The normalized spacial score (nSPS) is 16.0. The van der Waals surface area contributed by atoms with Crippen LogP contribution in [-0.4, -0.2) is 48.0 Å². The number of amides is 3. The van der Waals surface area contributed by atoms with E-state index in [2.05, 4.69) is 5.32 Å². The van der Waals surface area contributed by atoms with Crippen LogP contribution >= 0.6 is 23.4 Å². The van der Waals surface area contributed by atoms with Crippen molar-refractivity contribution in [3.8, 4) is 0 Å². The van der Waals surface area contributed by atoms with Gasteiger partial charge in [0.2, 0.25) is 11.8 Å². The van der Waals surface area contributed by atoms with Crippen molar-refractivity contribution in [3.63, 3.8) is 0 Å². The molecule has 0 atom stereocenters. The van der Waals surface area contributed by atoms with Gasteiger partial charge in [-0.25, -0.2) is 0 Å². The predicted molar refractivity (Wildman–Crippen MR) is 115 cm³/mol. The minimum absolute atomic E-state index is 0.0335. The molecule has 1 saturated heterocycles. The Kier molecular flexibility index (Phi) is 5.78. The number of likely N-dealkylation sites (tertiary alicyclic amines) is 1. The summed E-state index contributed by atoms with van der Waals surface area (Å²) in [6.45, 7) is 1.38. The van der Waals surface area contributed by atoms with E-state index < -0.39 is 0 Å². The molecule has 4 rings (SSSR count). The van der Waals surface area contributed by atoms with Crippen molar-refractivity contribution in [2.75, 3.05) is 35.6 Å². The fourth-order valence-electron chi connectivity index (χ4n) is 3.51. The van der Waals surface area contributed by atoms with Gasteiger partial charge in [0.05, 0.1) is 22.2 Å². The summed E-state index contributed by atoms with van der Waals surface area (Å²) in [5, 5.41) is 3.18. The number of hydrogen-bond donors (Lipinski definition) is 1. The molecule has 1 fully saturated rings. The van der Waals surface area contributed by atoms with Crippen molar-refractivity contribution in [2.24, 2.45) is 0 Å². The van der Waals surface area contributed by atoms with Crippen LogP contribution in [0.5, 0.6) is 0 Å².